The predicted molar refractivity (Wildman–Crippen MR) is 153 cm³/mol. The van der Waals surface area contributed by atoms with Crippen molar-refractivity contribution in [2.75, 3.05) is 29.7 Å². The molecule has 2 amide bonds. The highest BCUT2D eigenvalue weighted by molar-refractivity contribution is 6.14. The Labute approximate surface area is 231 Å². The molecule has 3 heterocycles. The number of carbonyl (C=O) groups excluding carboxylic acids is 3. The van der Waals surface area contributed by atoms with Gasteiger partial charge in [-0.1, -0.05) is 30.3 Å². The van der Waals surface area contributed by atoms with Crippen LogP contribution in [0.1, 0.15) is 46.2 Å². The highest BCUT2D eigenvalue weighted by Crippen LogP contribution is 2.34. The Balaban J connectivity index is 1.50. The lowest BCUT2D eigenvalue weighted by Gasteiger charge is -2.14. The Morgan fingerprint density at radius 1 is 1.05 bits per heavy atom. The van der Waals surface area contributed by atoms with Crippen molar-refractivity contribution in [3.63, 3.8) is 0 Å². The first-order valence-electron chi connectivity index (χ1n) is 13.1. The van der Waals surface area contributed by atoms with E-state index in [2.05, 4.69) is 16.0 Å². The van der Waals surface area contributed by atoms with Crippen LogP contribution in [0.15, 0.2) is 66.9 Å². The Morgan fingerprint density at radius 3 is 2.50 bits per heavy atom. The van der Waals surface area contributed by atoms with Crippen molar-refractivity contribution in [1.29, 1.82) is 0 Å². The molecule has 2 aromatic carbocycles. The van der Waals surface area contributed by atoms with Crippen LogP contribution in [0.2, 0.25) is 0 Å². The van der Waals surface area contributed by atoms with Gasteiger partial charge in [0.05, 0.1) is 37.3 Å². The maximum absolute atomic E-state index is 13.2. The summed E-state index contributed by atoms with van der Waals surface area (Å²) in [7, 11) is 1.32. The summed E-state index contributed by atoms with van der Waals surface area (Å²) in [6.07, 6.45) is 3.44. The van der Waals surface area contributed by atoms with Crippen LogP contribution in [0, 0.1) is 0 Å². The third-order valence-corrected chi connectivity index (χ3v) is 6.73. The summed E-state index contributed by atoms with van der Waals surface area (Å²) in [5.41, 5.74) is 3.99. The van der Waals surface area contributed by atoms with Crippen LogP contribution in [0.4, 0.5) is 17.1 Å². The van der Waals surface area contributed by atoms with E-state index in [0.717, 1.165) is 24.1 Å². The normalized spacial score (nSPS) is 14.6. The lowest BCUT2D eigenvalue weighted by molar-refractivity contribution is -0.114. The fourth-order valence-corrected chi connectivity index (χ4v) is 4.82. The molecule has 10 nitrogen and oxygen atoms in total. The van der Waals surface area contributed by atoms with Crippen molar-refractivity contribution in [3.05, 3.63) is 83.7 Å². The minimum Gasteiger partial charge on any atom is -0.464 e. The molecule has 0 saturated carbocycles. The lowest BCUT2D eigenvalue weighted by atomic mass is 10.2. The molecule has 0 unspecified atom stereocenters. The number of ether oxygens (including phenoxy) is 2. The molecule has 0 bridgehead atoms. The number of benzene rings is 2. The van der Waals surface area contributed by atoms with Crippen molar-refractivity contribution >= 4 is 45.9 Å². The lowest BCUT2D eigenvalue weighted by Crippen LogP contribution is -2.21. The number of aromatic nitrogens is 2. The van der Waals surface area contributed by atoms with E-state index in [1.54, 1.807) is 35.0 Å². The number of nitrogens with one attached hydrogen (secondary N) is 3. The summed E-state index contributed by atoms with van der Waals surface area (Å²) < 4.78 is 12.8. The van der Waals surface area contributed by atoms with E-state index < -0.39 is 5.97 Å². The van der Waals surface area contributed by atoms with Gasteiger partial charge in [-0.3, -0.25) is 9.59 Å². The zero-order valence-electron chi connectivity index (χ0n) is 22.4. The topological polar surface area (TPSA) is 124 Å². The largest absolute Gasteiger partial charge is 0.464 e. The Morgan fingerprint density at radius 2 is 1.82 bits per heavy atom. The molecule has 0 radical (unpaired) electrons. The monoisotopic (exact) mass is 541 g/mol. The molecule has 2 aromatic heterocycles. The van der Waals surface area contributed by atoms with Gasteiger partial charge in [-0.25, -0.2) is 9.78 Å². The Kier molecular flexibility index (Phi) is 8.07. The van der Waals surface area contributed by atoms with Gasteiger partial charge in [0.1, 0.15) is 5.65 Å². The van der Waals surface area contributed by atoms with Gasteiger partial charge in [0.2, 0.25) is 5.91 Å². The van der Waals surface area contributed by atoms with Gasteiger partial charge in [-0.15, -0.1) is 0 Å². The molecule has 3 N–H and O–H groups in total. The maximum Gasteiger partial charge on any atom is 0.356 e. The van der Waals surface area contributed by atoms with Gasteiger partial charge in [0.15, 0.2) is 5.69 Å². The molecule has 0 spiro atoms. The minimum atomic E-state index is -0.576. The summed E-state index contributed by atoms with van der Waals surface area (Å²) in [5, 5.41) is 9.67. The molecule has 1 saturated heterocycles. The summed E-state index contributed by atoms with van der Waals surface area (Å²) in [5.74, 6) is -1.05. The second-order valence-electron chi connectivity index (χ2n) is 9.61. The van der Waals surface area contributed by atoms with Crippen LogP contribution in [-0.2, 0) is 27.4 Å². The van der Waals surface area contributed by atoms with Crippen LogP contribution in [0.3, 0.4) is 0 Å². The molecular weight excluding hydrogens is 510 g/mol. The number of rotatable bonds is 9. The number of carbonyl (C=O) groups is 3. The molecule has 4 aromatic rings. The number of hydrogen-bond acceptors (Lipinski definition) is 7. The van der Waals surface area contributed by atoms with E-state index in [1.165, 1.54) is 14.0 Å². The molecule has 1 aliphatic heterocycles. The molecule has 1 atom stereocenters. The SMILES string of the molecule is COC(=O)c1c(NC(=O)c2ccccc2)c2cc(NCc3ccc(NC(C)=O)cc3)cnc2n1C[C@@H]1CCCO1. The molecule has 1 fully saturated rings. The second-order valence-corrected chi connectivity index (χ2v) is 9.61. The van der Waals surface area contributed by atoms with Gasteiger partial charge < -0.3 is 30.0 Å². The van der Waals surface area contributed by atoms with Crippen molar-refractivity contribution < 1.29 is 23.9 Å². The first-order valence-corrected chi connectivity index (χ1v) is 13.1. The summed E-state index contributed by atoms with van der Waals surface area (Å²) in [6.45, 7) is 3.04. The first kappa shape index (κ1) is 26.9. The number of nitrogens with zero attached hydrogens (tertiary/aromatic N) is 2. The number of hydrogen-bond donors (Lipinski definition) is 3. The zero-order valence-corrected chi connectivity index (χ0v) is 22.4. The van der Waals surface area contributed by atoms with Crippen molar-refractivity contribution in [3.8, 4) is 0 Å². The van der Waals surface area contributed by atoms with Crippen LogP contribution in [0.5, 0.6) is 0 Å². The number of esters is 1. The Hall–Kier alpha value is -4.70. The zero-order chi connectivity index (χ0) is 28.1. The molecule has 1 aliphatic rings. The van der Waals surface area contributed by atoms with Gasteiger partial charge in [0, 0.05) is 36.7 Å². The molecule has 40 heavy (non-hydrogen) atoms. The number of methoxy groups -OCH3 is 1. The third kappa shape index (κ3) is 5.97. The molecular formula is C30H31N5O5. The Bertz CT molecular complexity index is 1530. The van der Waals surface area contributed by atoms with Crippen LogP contribution in [-0.4, -0.2) is 47.2 Å². The smallest absolute Gasteiger partial charge is 0.356 e. The average Bonchev–Trinajstić information content (AvgIpc) is 3.59. The minimum absolute atomic E-state index is 0.0725. The maximum atomic E-state index is 13.2. The van der Waals surface area contributed by atoms with Gasteiger partial charge in [-0.2, -0.15) is 0 Å². The van der Waals surface area contributed by atoms with Crippen molar-refractivity contribution in [2.24, 2.45) is 0 Å². The fourth-order valence-electron chi connectivity index (χ4n) is 4.82. The van der Waals surface area contributed by atoms with E-state index in [-0.39, 0.29) is 23.6 Å². The molecule has 10 heteroatoms. The fraction of sp³-hybridized carbons (Fsp3) is 0.267. The summed E-state index contributed by atoms with van der Waals surface area (Å²) >= 11 is 0. The number of anilines is 3. The molecule has 0 aliphatic carbocycles. The van der Waals surface area contributed by atoms with Gasteiger partial charge >= 0.3 is 5.97 Å². The summed E-state index contributed by atoms with van der Waals surface area (Å²) in [6, 6.07) is 18.2. The van der Waals surface area contributed by atoms with Gasteiger partial charge in [0.25, 0.3) is 5.91 Å². The van der Waals surface area contributed by atoms with Crippen LogP contribution in [0.25, 0.3) is 11.0 Å². The molecule has 5 rings (SSSR count). The quantitative estimate of drug-likeness (QED) is 0.260. The number of fused-ring (bicyclic) bond motifs is 1. The van der Waals surface area contributed by atoms with E-state index in [4.69, 9.17) is 14.5 Å². The van der Waals surface area contributed by atoms with E-state index in [9.17, 15) is 14.4 Å². The van der Waals surface area contributed by atoms with E-state index >= 15 is 0 Å². The van der Waals surface area contributed by atoms with Gasteiger partial charge in [-0.05, 0) is 48.7 Å². The first-order chi connectivity index (χ1) is 19.4. The van der Waals surface area contributed by atoms with Crippen LogP contribution < -0.4 is 16.0 Å². The predicted octanol–water partition coefficient (Wildman–Crippen LogP) is 4.82. The number of amides is 2. The summed E-state index contributed by atoms with van der Waals surface area (Å²) in [4.78, 5) is 42.3. The van der Waals surface area contributed by atoms with E-state index in [0.29, 0.717) is 47.7 Å². The van der Waals surface area contributed by atoms with Crippen molar-refractivity contribution in [1.82, 2.24) is 9.55 Å². The van der Waals surface area contributed by atoms with E-state index in [1.807, 2.05) is 36.4 Å². The average molecular weight is 542 g/mol. The van der Waals surface area contributed by atoms with Crippen molar-refractivity contribution in [2.45, 2.75) is 39.0 Å². The number of pyridine rings is 1. The highest BCUT2D eigenvalue weighted by atomic mass is 16.5. The third-order valence-electron chi connectivity index (χ3n) is 6.73. The standard InChI is InChI=1S/C30H31N5O5/c1-19(36)33-22-12-10-20(11-13-22)16-31-23-15-25-26(34-29(37)21-7-4-3-5-8-21)27(30(38)39-2)35(28(25)32-17-23)18-24-9-6-14-40-24/h3-5,7-8,10-13,15,17,24,31H,6,9,14,16,18H2,1-2H3,(H,33,36)(H,34,37)/t24-/m0/s1. The molecule has 206 valence electrons. The van der Waals surface area contributed by atoms with Crippen LogP contribution >= 0.6 is 0 Å². The second kappa shape index (κ2) is 12.0. The highest BCUT2D eigenvalue weighted by Gasteiger charge is 2.29.